The lowest BCUT2D eigenvalue weighted by molar-refractivity contribution is -0.189. The molecule has 2 aliphatic heterocycles. The molecule has 8 rings (SSSR count). The molecule has 2 fully saturated rings. The molecule has 2 aliphatic rings. The van der Waals surface area contributed by atoms with Crippen LogP contribution >= 0.6 is 0 Å². The lowest BCUT2D eigenvalue weighted by Gasteiger charge is -2.55. The van der Waals surface area contributed by atoms with Gasteiger partial charge in [-0.05, 0) is 34.4 Å². The molecule has 11 heteroatoms. The van der Waals surface area contributed by atoms with Crippen molar-refractivity contribution in [3.63, 3.8) is 0 Å². The summed E-state index contributed by atoms with van der Waals surface area (Å²) in [4.78, 5) is 46.6. The predicted octanol–water partition coefficient (Wildman–Crippen LogP) is 6.19. The van der Waals surface area contributed by atoms with Gasteiger partial charge in [0.15, 0.2) is 0 Å². The summed E-state index contributed by atoms with van der Waals surface area (Å²) >= 11 is 0. The number of hydrogen-bond acceptors (Lipinski definition) is 6. The fourth-order valence-corrected chi connectivity index (χ4v) is 7.88. The summed E-state index contributed by atoms with van der Waals surface area (Å²) in [5.74, 6) is -0.371. The number of benzene rings is 5. The number of hydrazine groups is 1. The third-order valence-corrected chi connectivity index (χ3v) is 10.5. The Morgan fingerprint density at radius 3 is 2.18 bits per heavy atom. The number of para-hydroxylation sites is 1. The van der Waals surface area contributed by atoms with Crippen LogP contribution < -0.4 is 5.32 Å². The fraction of sp³-hybridized carbons (Fsp3) is 0.200. The highest BCUT2D eigenvalue weighted by Gasteiger charge is 2.51. The van der Waals surface area contributed by atoms with Gasteiger partial charge in [-0.15, -0.1) is 6.58 Å². The highest BCUT2D eigenvalue weighted by Crippen LogP contribution is 2.34. The Labute approximate surface area is 325 Å². The molecule has 5 aromatic carbocycles. The molecule has 4 amide bonds. The van der Waals surface area contributed by atoms with E-state index in [0.717, 1.165) is 44.4 Å². The third-order valence-electron chi connectivity index (χ3n) is 10.5. The third kappa shape index (κ3) is 7.36. The maximum Gasteiger partial charge on any atom is 0.334 e. The first kappa shape index (κ1) is 36.3. The second-order valence-corrected chi connectivity index (χ2v) is 14.2. The summed E-state index contributed by atoms with van der Waals surface area (Å²) in [6.45, 7) is 5.17. The molecular weight excluding hydrogens is 703 g/mol. The van der Waals surface area contributed by atoms with Crippen LogP contribution in [0.25, 0.3) is 22.2 Å². The molecule has 2 saturated heterocycles. The lowest BCUT2D eigenvalue weighted by atomic mass is 9.98. The number of phenolic OH excluding ortho intramolecular Hbond substituents is 1. The van der Waals surface area contributed by atoms with Gasteiger partial charge in [0.05, 0.1) is 25.2 Å². The molecule has 1 aromatic heterocycles. The largest absolute Gasteiger partial charge is 0.508 e. The van der Waals surface area contributed by atoms with E-state index in [1.807, 2.05) is 95.7 Å². The number of nitrogens with one attached hydrogen (secondary N) is 1. The van der Waals surface area contributed by atoms with Crippen LogP contribution in [0, 0.1) is 0 Å². The zero-order valence-corrected chi connectivity index (χ0v) is 30.9. The number of amides is 4. The summed E-state index contributed by atoms with van der Waals surface area (Å²) < 4.78 is 2.01. The minimum absolute atomic E-state index is 0.0812. The molecule has 0 unspecified atom stereocenters. The van der Waals surface area contributed by atoms with Crippen LogP contribution in [0.2, 0.25) is 0 Å². The van der Waals surface area contributed by atoms with E-state index in [2.05, 4.69) is 30.1 Å². The van der Waals surface area contributed by atoms with Crippen molar-refractivity contribution in [1.82, 2.24) is 34.9 Å². The number of carbonyl (C=O) groups is 3. The van der Waals surface area contributed by atoms with Crippen LogP contribution in [0.5, 0.6) is 5.75 Å². The number of hydrogen-bond donors (Lipinski definition) is 2. The molecule has 56 heavy (non-hydrogen) atoms. The van der Waals surface area contributed by atoms with Crippen LogP contribution in [-0.4, -0.2) is 84.4 Å². The van der Waals surface area contributed by atoms with E-state index in [-0.39, 0.29) is 62.7 Å². The number of phenols is 1. The molecule has 0 bridgehead atoms. The van der Waals surface area contributed by atoms with Crippen LogP contribution in [0.3, 0.4) is 0 Å². The van der Waals surface area contributed by atoms with Crippen LogP contribution in [0.15, 0.2) is 146 Å². The number of urea groups is 1. The molecule has 6 aromatic rings. The van der Waals surface area contributed by atoms with Gasteiger partial charge >= 0.3 is 6.03 Å². The minimum atomic E-state index is -0.908. The number of aromatic nitrogens is 2. The molecule has 2 N–H and O–H groups in total. The number of carbonyl (C=O) groups excluding carboxylic acids is 3. The molecule has 282 valence electrons. The van der Waals surface area contributed by atoms with Crippen LogP contribution in [0.1, 0.15) is 22.3 Å². The zero-order chi connectivity index (χ0) is 38.6. The van der Waals surface area contributed by atoms with Gasteiger partial charge in [0.25, 0.3) is 0 Å². The smallest absolute Gasteiger partial charge is 0.334 e. The van der Waals surface area contributed by atoms with Crippen molar-refractivity contribution in [2.75, 3.05) is 19.6 Å². The molecule has 0 saturated carbocycles. The number of fused-ring (bicyclic) bond motifs is 2. The van der Waals surface area contributed by atoms with Gasteiger partial charge in [0.1, 0.15) is 23.7 Å². The van der Waals surface area contributed by atoms with Gasteiger partial charge < -0.3 is 20.2 Å². The first-order valence-electron chi connectivity index (χ1n) is 18.8. The Morgan fingerprint density at radius 2 is 1.48 bits per heavy atom. The number of nitrogens with zero attached hydrogens (tertiary/aromatic N) is 6. The van der Waals surface area contributed by atoms with Gasteiger partial charge in [0.2, 0.25) is 11.8 Å². The standard InChI is InChI=1S/C45H43N7O4/c1-2-25-49-31-41(54)51-39(26-32-21-23-37(53)24-22-32)44(55)48(30-40(51)52(49)45(56)46-27-33-13-6-3-7-14-33)29-36-19-12-20-38-42(35-17-10-5-11-18-35)47-50(43(36)38)28-34-15-8-4-9-16-34/h2-24,39-40,53H,1,25-31H2,(H,46,56)/t39-,40-/m0/s1. The number of piperazine rings is 1. The zero-order valence-electron chi connectivity index (χ0n) is 30.9. The van der Waals surface area contributed by atoms with E-state index in [1.54, 1.807) is 50.2 Å². The maximum atomic E-state index is 14.8. The van der Waals surface area contributed by atoms with E-state index in [4.69, 9.17) is 5.10 Å². The number of aromatic hydroxyl groups is 1. The van der Waals surface area contributed by atoms with Crippen molar-refractivity contribution < 1.29 is 19.5 Å². The van der Waals surface area contributed by atoms with Crippen molar-refractivity contribution in [3.8, 4) is 17.0 Å². The van der Waals surface area contributed by atoms with Crippen molar-refractivity contribution in [3.05, 3.63) is 168 Å². The number of rotatable bonds is 11. The molecule has 0 spiro atoms. The maximum absolute atomic E-state index is 14.8. The van der Waals surface area contributed by atoms with Gasteiger partial charge in [-0.3, -0.25) is 14.3 Å². The first-order valence-corrected chi connectivity index (χ1v) is 18.8. The quantitative estimate of drug-likeness (QED) is 0.153. The molecule has 11 nitrogen and oxygen atoms in total. The van der Waals surface area contributed by atoms with Gasteiger partial charge in [-0.25, -0.2) is 14.8 Å². The Balaban J connectivity index is 1.20. The van der Waals surface area contributed by atoms with E-state index in [1.165, 1.54) is 0 Å². The van der Waals surface area contributed by atoms with E-state index >= 15 is 0 Å². The van der Waals surface area contributed by atoms with Crippen LogP contribution in [0.4, 0.5) is 4.79 Å². The second-order valence-electron chi connectivity index (χ2n) is 14.2. The van der Waals surface area contributed by atoms with Crippen molar-refractivity contribution in [2.24, 2.45) is 0 Å². The Kier molecular flexibility index (Phi) is 10.3. The molecule has 0 radical (unpaired) electrons. The van der Waals surface area contributed by atoms with Crippen molar-refractivity contribution >= 4 is 28.7 Å². The molecule has 2 atom stereocenters. The van der Waals surface area contributed by atoms with Crippen LogP contribution in [-0.2, 0) is 35.6 Å². The Morgan fingerprint density at radius 1 is 0.804 bits per heavy atom. The summed E-state index contributed by atoms with van der Waals surface area (Å²) in [5.41, 5.74) is 6.43. The highest BCUT2D eigenvalue weighted by atomic mass is 16.3. The average Bonchev–Trinajstić information content (AvgIpc) is 3.59. The monoisotopic (exact) mass is 745 g/mol. The second kappa shape index (κ2) is 15.9. The van der Waals surface area contributed by atoms with Gasteiger partial charge in [-0.1, -0.05) is 127 Å². The average molecular weight is 746 g/mol. The van der Waals surface area contributed by atoms with Gasteiger partial charge in [-0.2, -0.15) is 5.10 Å². The van der Waals surface area contributed by atoms with E-state index in [0.29, 0.717) is 6.54 Å². The SMILES string of the molecule is C=CCN1CC(=O)N2[C@@H](Cc3ccc(O)cc3)C(=O)N(Cc3cccc4c(-c5ccccc5)nn(Cc5ccccc5)c34)C[C@@H]2N1C(=O)NCc1ccccc1. The summed E-state index contributed by atoms with van der Waals surface area (Å²) in [6, 6.07) is 41.3. The summed E-state index contributed by atoms with van der Waals surface area (Å²) in [7, 11) is 0. The van der Waals surface area contributed by atoms with Crippen molar-refractivity contribution in [2.45, 2.75) is 38.3 Å². The summed E-state index contributed by atoms with van der Waals surface area (Å²) in [5, 5.41) is 22.5. The fourth-order valence-electron chi connectivity index (χ4n) is 7.88. The molecule has 0 aliphatic carbocycles. The Hall–Kier alpha value is -6.72. The normalized spacial score (nSPS) is 17.2. The van der Waals surface area contributed by atoms with Crippen molar-refractivity contribution in [1.29, 1.82) is 0 Å². The minimum Gasteiger partial charge on any atom is -0.508 e. The van der Waals surface area contributed by atoms with Gasteiger partial charge in [0, 0.05) is 37.0 Å². The van der Waals surface area contributed by atoms with E-state index < -0.39 is 12.2 Å². The lowest BCUT2D eigenvalue weighted by Crippen LogP contribution is -2.76. The Bertz CT molecular complexity index is 2350. The molecule has 3 heterocycles. The highest BCUT2D eigenvalue weighted by molar-refractivity contribution is 5.96. The molecular formula is C45H43N7O4. The van der Waals surface area contributed by atoms with E-state index in [9.17, 15) is 19.5 Å². The summed E-state index contributed by atoms with van der Waals surface area (Å²) in [6.07, 6.45) is 1.06. The first-order chi connectivity index (χ1) is 27.4. The predicted molar refractivity (Wildman–Crippen MR) is 215 cm³/mol. The topological polar surface area (TPSA) is 114 Å².